The van der Waals surface area contributed by atoms with E-state index in [4.69, 9.17) is 0 Å². The second-order valence-electron chi connectivity index (χ2n) is 12.0. The van der Waals surface area contributed by atoms with E-state index in [0.717, 1.165) is 21.9 Å². The highest BCUT2D eigenvalue weighted by molar-refractivity contribution is 6.22. The van der Waals surface area contributed by atoms with Crippen molar-refractivity contribution in [2.24, 2.45) is 0 Å². The largest absolute Gasteiger partial charge is 0.192 e. The quantitative estimate of drug-likeness (QED) is 0.203. The van der Waals surface area contributed by atoms with Gasteiger partial charge in [-0.25, -0.2) is 0 Å². The van der Waals surface area contributed by atoms with E-state index in [1.54, 1.807) is 0 Å². The van der Waals surface area contributed by atoms with Crippen molar-refractivity contribution in [3.63, 3.8) is 0 Å². The maximum atomic E-state index is 9.31. The van der Waals surface area contributed by atoms with Crippen LogP contribution in [0.4, 0.5) is 0 Å². The number of rotatable bonds is 4. The standard InChI is InChI=1S/C45H27N/c46-28-29-17-18-37-26-36(24-23-35(37)25-29)30-19-21-32(22-20-30)40-27-41(31-9-3-1-4-10-31)44-38-15-7-13-33-14-8-16-39(42(33)38)45(44)43(40)34-11-5-2-6-12-34/h1-27H. The summed E-state index contributed by atoms with van der Waals surface area (Å²) in [6, 6.07) is 61.1. The maximum Gasteiger partial charge on any atom is 0.0991 e. The molecule has 0 unspecified atom stereocenters. The molecule has 1 heteroatoms. The highest BCUT2D eigenvalue weighted by atomic mass is 14.3. The second-order valence-corrected chi connectivity index (χ2v) is 12.0. The third kappa shape index (κ3) is 4.09. The van der Waals surface area contributed by atoms with Gasteiger partial charge in [0, 0.05) is 0 Å². The topological polar surface area (TPSA) is 23.8 Å². The number of fused-ring (bicyclic) bond motifs is 4. The molecule has 0 saturated heterocycles. The van der Waals surface area contributed by atoms with Crippen molar-refractivity contribution >= 4 is 21.5 Å². The Hall–Kier alpha value is -6.23. The van der Waals surface area contributed by atoms with Crippen LogP contribution < -0.4 is 0 Å². The molecule has 0 saturated carbocycles. The van der Waals surface area contributed by atoms with Crippen molar-refractivity contribution < 1.29 is 0 Å². The van der Waals surface area contributed by atoms with E-state index in [-0.39, 0.29) is 0 Å². The van der Waals surface area contributed by atoms with Crippen molar-refractivity contribution in [3.05, 3.63) is 169 Å². The lowest BCUT2D eigenvalue weighted by atomic mass is 9.82. The zero-order chi connectivity index (χ0) is 30.6. The van der Waals surface area contributed by atoms with Gasteiger partial charge in [0.25, 0.3) is 0 Å². The summed E-state index contributed by atoms with van der Waals surface area (Å²) in [6.45, 7) is 0. The van der Waals surface area contributed by atoms with Gasteiger partial charge in [-0.15, -0.1) is 0 Å². The van der Waals surface area contributed by atoms with E-state index in [0.29, 0.717) is 5.56 Å². The first-order valence-electron chi connectivity index (χ1n) is 15.7. The molecule has 0 bridgehead atoms. The van der Waals surface area contributed by atoms with E-state index in [1.807, 2.05) is 18.2 Å². The molecule has 46 heavy (non-hydrogen) atoms. The van der Waals surface area contributed by atoms with Crippen LogP contribution in [-0.4, -0.2) is 0 Å². The third-order valence-corrected chi connectivity index (χ3v) is 9.42. The van der Waals surface area contributed by atoms with Crippen LogP contribution >= 0.6 is 0 Å². The molecule has 8 aromatic rings. The summed E-state index contributed by atoms with van der Waals surface area (Å²) in [5.41, 5.74) is 15.6. The van der Waals surface area contributed by atoms with Crippen LogP contribution in [0.2, 0.25) is 0 Å². The van der Waals surface area contributed by atoms with Crippen LogP contribution in [0.3, 0.4) is 0 Å². The molecule has 0 N–H and O–H groups in total. The van der Waals surface area contributed by atoms with Gasteiger partial charge in [0.1, 0.15) is 0 Å². The first-order valence-corrected chi connectivity index (χ1v) is 15.7. The SMILES string of the molecule is N#Cc1ccc2cc(-c3ccc(-c4cc(-c5ccccc5)c5c(c4-c4ccccc4)-c4cccc6cccc-5c46)cc3)ccc2c1. The van der Waals surface area contributed by atoms with Crippen LogP contribution in [-0.2, 0) is 0 Å². The van der Waals surface area contributed by atoms with Gasteiger partial charge in [-0.05, 0) is 113 Å². The molecule has 1 nitrogen and oxygen atoms in total. The Morgan fingerprint density at radius 2 is 0.891 bits per heavy atom. The molecule has 0 spiro atoms. The van der Waals surface area contributed by atoms with Gasteiger partial charge >= 0.3 is 0 Å². The number of hydrogen-bond acceptors (Lipinski definition) is 1. The summed E-state index contributed by atoms with van der Waals surface area (Å²) in [4.78, 5) is 0. The van der Waals surface area contributed by atoms with Crippen LogP contribution in [0.25, 0.3) is 88.3 Å². The summed E-state index contributed by atoms with van der Waals surface area (Å²) in [6.07, 6.45) is 0. The third-order valence-electron chi connectivity index (χ3n) is 9.42. The Balaban J connectivity index is 1.29. The Morgan fingerprint density at radius 3 is 1.61 bits per heavy atom. The molecule has 0 heterocycles. The molecule has 0 atom stereocenters. The minimum absolute atomic E-state index is 0.683. The summed E-state index contributed by atoms with van der Waals surface area (Å²) < 4.78 is 0. The Kier molecular flexibility index (Phi) is 5.95. The fraction of sp³-hybridized carbons (Fsp3) is 0. The van der Waals surface area contributed by atoms with Crippen LogP contribution in [0, 0.1) is 11.3 Å². The van der Waals surface area contributed by atoms with Gasteiger partial charge in [-0.1, -0.05) is 140 Å². The van der Waals surface area contributed by atoms with Crippen molar-refractivity contribution in [1.82, 2.24) is 0 Å². The van der Waals surface area contributed by atoms with Crippen molar-refractivity contribution in [2.45, 2.75) is 0 Å². The summed E-state index contributed by atoms with van der Waals surface area (Å²) in [5, 5.41) is 14.1. The maximum absolute atomic E-state index is 9.31. The Bertz CT molecular complexity index is 2490. The van der Waals surface area contributed by atoms with E-state index in [1.165, 1.54) is 66.4 Å². The highest BCUT2D eigenvalue weighted by Crippen LogP contribution is 2.57. The number of benzene rings is 8. The summed E-state index contributed by atoms with van der Waals surface area (Å²) in [5.74, 6) is 0. The molecule has 9 rings (SSSR count). The van der Waals surface area contributed by atoms with Crippen molar-refractivity contribution in [3.8, 4) is 72.8 Å². The average molecular weight is 582 g/mol. The predicted molar refractivity (Wildman–Crippen MR) is 192 cm³/mol. The Labute approximate surface area is 268 Å². The minimum atomic E-state index is 0.683. The molecule has 212 valence electrons. The lowest BCUT2D eigenvalue weighted by Gasteiger charge is -2.21. The molecule has 0 radical (unpaired) electrons. The molecular weight excluding hydrogens is 555 g/mol. The van der Waals surface area contributed by atoms with Gasteiger partial charge in [0.05, 0.1) is 11.6 Å². The van der Waals surface area contributed by atoms with Crippen LogP contribution in [0.1, 0.15) is 5.56 Å². The molecule has 8 aromatic carbocycles. The summed E-state index contributed by atoms with van der Waals surface area (Å²) >= 11 is 0. The number of nitriles is 1. The normalized spacial score (nSPS) is 11.5. The van der Waals surface area contributed by atoms with Gasteiger partial charge < -0.3 is 0 Å². The fourth-order valence-electron chi connectivity index (χ4n) is 7.30. The molecule has 0 amide bonds. The molecule has 0 aliphatic heterocycles. The van der Waals surface area contributed by atoms with Gasteiger partial charge in [0.2, 0.25) is 0 Å². The van der Waals surface area contributed by atoms with Crippen LogP contribution in [0.15, 0.2) is 164 Å². The molecule has 1 aliphatic carbocycles. The van der Waals surface area contributed by atoms with E-state index >= 15 is 0 Å². The fourth-order valence-corrected chi connectivity index (χ4v) is 7.30. The van der Waals surface area contributed by atoms with Gasteiger partial charge in [0.15, 0.2) is 0 Å². The monoisotopic (exact) mass is 581 g/mol. The van der Waals surface area contributed by atoms with Gasteiger partial charge in [-0.2, -0.15) is 5.26 Å². The van der Waals surface area contributed by atoms with Gasteiger partial charge in [-0.3, -0.25) is 0 Å². The van der Waals surface area contributed by atoms with Crippen LogP contribution in [0.5, 0.6) is 0 Å². The highest BCUT2D eigenvalue weighted by Gasteiger charge is 2.30. The smallest absolute Gasteiger partial charge is 0.0991 e. The van der Waals surface area contributed by atoms with E-state index in [9.17, 15) is 5.26 Å². The molecule has 0 fully saturated rings. The second kappa shape index (κ2) is 10.4. The molecular formula is C45H27N. The number of hydrogen-bond donors (Lipinski definition) is 0. The zero-order valence-corrected chi connectivity index (χ0v) is 25.0. The molecule has 0 aromatic heterocycles. The van der Waals surface area contributed by atoms with Crippen molar-refractivity contribution in [2.75, 3.05) is 0 Å². The van der Waals surface area contributed by atoms with E-state index in [2.05, 4.69) is 152 Å². The minimum Gasteiger partial charge on any atom is -0.192 e. The lowest BCUT2D eigenvalue weighted by molar-refractivity contribution is 1.50. The zero-order valence-electron chi connectivity index (χ0n) is 25.0. The molecule has 1 aliphatic rings. The predicted octanol–water partition coefficient (Wildman–Crippen LogP) is 12.2. The van der Waals surface area contributed by atoms with Crippen molar-refractivity contribution in [1.29, 1.82) is 5.26 Å². The lowest BCUT2D eigenvalue weighted by Crippen LogP contribution is -1.94. The first-order chi connectivity index (χ1) is 22.8. The average Bonchev–Trinajstić information content (AvgIpc) is 3.47. The van der Waals surface area contributed by atoms with E-state index < -0.39 is 0 Å². The number of nitrogens with zero attached hydrogens (tertiary/aromatic N) is 1. The summed E-state index contributed by atoms with van der Waals surface area (Å²) in [7, 11) is 0. The first kappa shape index (κ1) is 26.2. The Morgan fingerprint density at radius 1 is 0.326 bits per heavy atom.